The van der Waals surface area contributed by atoms with E-state index in [9.17, 15) is 28.0 Å². The number of aromatic nitrogens is 2. The number of carbonyl (C=O) groups excluding carboxylic acids is 2. The summed E-state index contributed by atoms with van der Waals surface area (Å²) >= 11 is 0. The van der Waals surface area contributed by atoms with Gasteiger partial charge in [-0.2, -0.15) is 0 Å². The molecule has 2 atom stereocenters. The van der Waals surface area contributed by atoms with Gasteiger partial charge in [-0.1, -0.05) is 24.3 Å². The Kier molecular flexibility index (Phi) is 17.0. The van der Waals surface area contributed by atoms with Crippen LogP contribution in [0.1, 0.15) is 11.1 Å². The Balaban J connectivity index is 0.000000225. The molecule has 0 radical (unpaired) electrons. The van der Waals surface area contributed by atoms with Gasteiger partial charge in [0, 0.05) is 23.5 Å². The molecule has 0 aliphatic carbocycles. The van der Waals surface area contributed by atoms with E-state index in [2.05, 4.69) is 20.0 Å². The average Bonchev–Trinajstić information content (AvgIpc) is 3.20. The molecule has 0 saturated carbocycles. The summed E-state index contributed by atoms with van der Waals surface area (Å²) in [6.45, 7) is 1.65. The summed E-state index contributed by atoms with van der Waals surface area (Å²) in [7, 11) is 0. The molecule has 2 aromatic heterocycles. The molecule has 2 fully saturated rings. The van der Waals surface area contributed by atoms with Crippen molar-refractivity contribution in [3.05, 3.63) is 108 Å². The lowest BCUT2D eigenvalue weighted by Gasteiger charge is -2.40. The van der Waals surface area contributed by atoms with E-state index < -0.39 is 59.9 Å². The normalized spacial score (nSPS) is 14.0. The number of amides is 2. The highest BCUT2D eigenvalue weighted by Crippen LogP contribution is 2.30. The highest BCUT2D eigenvalue weighted by molar-refractivity contribution is 5.88. The molecule has 62 heavy (non-hydrogen) atoms. The second kappa shape index (κ2) is 22.5. The zero-order valence-electron chi connectivity index (χ0n) is 32.4. The van der Waals surface area contributed by atoms with Gasteiger partial charge < -0.3 is 72.1 Å². The Bertz CT molecular complexity index is 2050. The molecule has 12 N–H and O–H groups in total. The molecule has 2 aliphatic heterocycles. The third-order valence-electron chi connectivity index (χ3n) is 8.32. The monoisotopic (exact) mass is 868 g/mol. The van der Waals surface area contributed by atoms with Crippen LogP contribution < -0.4 is 42.2 Å². The van der Waals surface area contributed by atoms with E-state index in [0.29, 0.717) is 49.1 Å². The van der Waals surface area contributed by atoms with Gasteiger partial charge in [-0.05, 0) is 36.4 Å². The fourth-order valence-corrected chi connectivity index (χ4v) is 5.31. The molecule has 330 valence electrons. The summed E-state index contributed by atoms with van der Waals surface area (Å²) in [6.07, 6.45) is 0.0526. The Labute approximate surface area is 350 Å². The van der Waals surface area contributed by atoms with E-state index in [4.69, 9.17) is 62.3 Å². The largest absolute Gasteiger partial charge is 0.485 e. The van der Waals surface area contributed by atoms with Crippen LogP contribution in [0, 0.1) is 11.6 Å². The first-order valence-electron chi connectivity index (χ1n) is 18.0. The fourth-order valence-electron chi connectivity index (χ4n) is 5.31. The van der Waals surface area contributed by atoms with Crippen molar-refractivity contribution in [1.29, 1.82) is 0 Å². The number of aliphatic hydroxyl groups excluding tert-OH is 2. The number of aliphatic imine (C=N–C) groups is 2. The van der Waals surface area contributed by atoms with Gasteiger partial charge in [-0.25, -0.2) is 28.0 Å². The number of aliphatic carboxylic acids is 2. The Morgan fingerprint density at radius 1 is 0.645 bits per heavy atom. The molecule has 2 saturated heterocycles. The number of hydrogen-bond donors (Lipinski definition) is 8. The van der Waals surface area contributed by atoms with Crippen LogP contribution in [0.5, 0.6) is 11.5 Å². The quantitative estimate of drug-likeness (QED) is 0.0676. The van der Waals surface area contributed by atoms with Crippen molar-refractivity contribution in [2.45, 2.75) is 37.6 Å². The van der Waals surface area contributed by atoms with Gasteiger partial charge in [0.15, 0.2) is 35.8 Å². The average molecular weight is 869 g/mol. The summed E-state index contributed by atoms with van der Waals surface area (Å²) in [6, 6.07) is 17.0. The van der Waals surface area contributed by atoms with Crippen molar-refractivity contribution in [3.8, 4) is 11.5 Å². The maximum Gasteiger partial charge on any atom is 0.437 e. The van der Waals surface area contributed by atoms with Crippen LogP contribution in [-0.4, -0.2) is 117 Å². The number of pyridine rings is 2. The lowest BCUT2D eigenvalue weighted by atomic mass is 10.1. The number of carbonyl (C=O) groups is 4. The minimum atomic E-state index is -2.27. The number of benzene rings is 2. The number of hydrogen-bond acceptors (Lipinski definition) is 14. The number of nitrogens with two attached hydrogens (primary N) is 4. The number of ether oxygens (including phenoxy) is 4. The number of nitrogens with zero attached hydrogens (tertiary/aromatic N) is 6. The zero-order chi connectivity index (χ0) is 45.3. The number of carboxylic acid groups (broad SMARTS) is 2. The summed E-state index contributed by atoms with van der Waals surface area (Å²) in [4.78, 5) is 60.3. The molecule has 4 heterocycles. The molecule has 6 rings (SSSR count). The van der Waals surface area contributed by atoms with Crippen molar-refractivity contribution in [2.75, 3.05) is 36.0 Å². The maximum absolute atomic E-state index is 14.6. The highest BCUT2D eigenvalue weighted by atomic mass is 19.1. The Morgan fingerprint density at radius 2 is 1.02 bits per heavy atom. The van der Waals surface area contributed by atoms with Crippen LogP contribution in [-0.2, 0) is 32.3 Å². The van der Waals surface area contributed by atoms with E-state index in [-0.39, 0.29) is 36.5 Å². The third-order valence-corrected chi connectivity index (χ3v) is 8.32. The van der Waals surface area contributed by atoms with Crippen molar-refractivity contribution < 1.29 is 67.3 Å². The van der Waals surface area contributed by atoms with Gasteiger partial charge in [0.2, 0.25) is 0 Å². The smallest absolute Gasteiger partial charge is 0.437 e. The van der Waals surface area contributed by atoms with E-state index >= 15 is 0 Å². The second-order valence-electron chi connectivity index (χ2n) is 12.9. The highest BCUT2D eigenvalue weighted by Gasteiger charge is 2.32. The molecule has 2 aliphatic rings. The Morgan fingerprint density at radius 3 is 1.32 bits per heavy atom. The van der Waals surface area contributed by atoms with Crippen molar-refractivity contribution in [2.24, 2.45) is 32.9 Å². The van der Waals surface area contributed by atoms with E-state index in [0.717, 1.165) is 0 Å². The summed E-state index contributed by atoms with van der Waals surface area (Å²) in [5, 5.41) is 32.5. The standard InChI is InChI=1S/2C17H18FN5O3.C4H6O6/c2*18-15-11(10-25-17(24)22-16(19)20)3-1-5-14(15)23-8-13(9-23)26-12-4-2-6-21-7-12;5-1(3(7)8)2(6)4(9)10/h2*1-7,13H,8-10H2,(H4,19,20,22,24);1-2,5-6H,(H,7,8)(H,9,10)/t;;1-,2-/m..1/s1. The minimum Gasteiger partial charge on any atom is -0.485 e. The van der Waals surface area contributed by atoms with Crippen LogP contribution >= 0.6 is 0 Å². The topological polar surface area (TPSA) is 347 Å². The molecule has 2 aromatic carbocycles. The third kappa shape index (κ3) is 14.2. The minimum absolute atomic E-state index is 0.0399. The molecule has 0 unspecified atom stereocenters. The van der Waals surface area contributed by atoms with Gasteiger partial charge in [0.25, 0.3) is 0 Å². The maximum atomic E-state index is 14.6. The van der Waals surface area contributed by atoms with E-state index in [1.807, 2.05) is 21.9 Å². The first kappa shape index (κ1) is 46.8. The van der Waals surface area contributed by atoms with E-state index in [1.54, 1.807) is 61.2 Å². The summed E-state index contributed by atoms with van der Waals surface area (Å²) in [5.74, 6) is -3.91. The van der Waals surface area contributed by atoms with Crippen molar-refractivity contribution in [1.82, 2.24) is 9.97 Å². The molecular formula is C38H42F2N10O12. The summed E-state index contributed by atoms with van der Waals surface area (Å²) < 4.78 is 50.5. The first-order chi connectivity index (χ1) is 29.5. The van der Waals surface area contributed by atoms with Crippen molar-refractivity contribution in [3.63, 3.8) is 0 Å². The van der Waals surface area contributed by atoms with Gasteiger partial charge in [-0.3, -0.25) is 9.97 Å². The number of anilines is 2. The lowest BCUT2D eigenvalue weighted by molar-refractivity contribution is -0.165. The molecule has 4 aromatic rings. The molecular weight excluding hydrogens is 826 g/mol. The van der Waals surface area contributed by atoms with Gasteiger partial charge in [0.1, 0.15) is 36.9 Å². The van der Waals surface area contributed by atoms with Crippen LogP contribution in [0.2, 0.25) is 0 Å². The van der Waals surface area contributed by atoms with Gasteiger partial charge >= 0.3 is 24.1 Å². The number of carboxylic acids is 2. The van der Waals surface area contributed by atoms with Crippen LogP contribution in [0.4, 0.5) is 29.7 Å². The molecule has 2 amide bonds. The first-order valence-corrected chi connectivity index (χ1v) is 18.0. The fraction of sp³-hybridized carbons (Fsp3) is 0.263. The van der Waals surface area contributed by atoms with Crippen molar-refractivity contribution >= 4 is 47.4 Å². The molecule has 22 nitrogen and oxygen atoms in total. The van der Waals surface area contributed by atoms with Gasteiger partial charge in [-0.15, -0.1) is 9.98 Å². The zero-order valence-corrected chi connectivity index (χ0v) is 32.4. The predicted octanol–water partition coefficient (Wildman–Crippen LogP) is 0.674. The Hall–Kier alpha value is -7.86. The second-order valence-corrected chi connectivity index (χ2v) is 12.9. The number of rotatable bonds is 13. The van der Waals surface area contributed by atoms with Crippen LogP contribution in [0.15, 0.2) is 95.4 Å². The van der Waals surface area contributed by atoms with Crippen LogP contribution in [0.25, 0.3) is 0 Å². The van der Waals surface area contributed by atoms with Crippen LogP contribution in [0.3, 0.4) is 0 Å². The van der Waals surface area contributed by atoms with E-state index in [1.165, 1.54) is 12.1 Å². The number of halogens is 2. The lowest BCUT2D eigenvalue weighted by Crippen LogP contribution is -2.54. The summed E-state index contributed by atoms with van der Waals surface area (Å²) in [5.41, 5.74) is 21.6. The molecule has 24 heteroatoms. The SMILES string of the molecule is NC(N)=NC(=O)OCc1cccc(N2CC(Oc3cccnc3)C2)c1F.NC(N)=NC(=O)OCc1cccc(N2CC(Oc3cccnc3)C2)c1F.O=C(O)[C@H](O)[C@@H](O)C(=O)O. The van der Waals surface area contributed by atoms with Gasteiger partial charge in [0.05, 0.1) is 49.9 Å². The number of aliphatic hydroxyl groups is 2. The molecule has 0 bridgehead atoms. The molecule has 0 spiro atoms. The number of guanidine groups is 2. The predicted molar refractivity (Wildman–Crippen MR) is 214 cm³/mol.